The number of para-hydroxylation sites is 3. The zero-order valence-corrected chi connectivity index (χ0v) is 37.0. The molecule has 0 amide bonds. The first-order valence-corrected chi connectivity index (χ1v) is 23.2. The monoisotopic (exact) mass is 882 g/mol. The highest BCUT2D eigenvalue weighted by Crippen LogP contribution is 2.42. The molecule has 0 spiro atoms. The SMILES string of the molecule is c1ccc(-c2nc(-c3ccc(-c4ccc5c(c4)oc4ccccc45)cc3)nc(-c3cccc4oc5ccc(-c6ccccc6-c6ccc7c(c6)c6ccccc6n7-c6ccccc6)cc5c34)n2)cc1. The molecule has 69 heavy (non-hydrogen) atoms. The van der Waals surface area contributed by atoms with Crippen molar-refractivity contribution in [3.63, 3.8) is 0 Å². The van der Waals surface area contributed by atoms with Gasteiger partial charge in [0.1, 0.15) is 22.3 Å². The highest BCUT2D eigenvalue weighted by atomic mass is 16.3. The summed E-state index contributed by atoms with van der Waals surface area (Å²) in [7, 11) is 0. The topological polar surface area (TPSA) is 69.9 Å². The summed E-state index contributed by atoms with van der Waals surface area (Å²) >= 11 is 0. The Balaban J connectivity index is 0.877. The Morgan fingerprint density at radius 1 is 0.275 bits per heavy atom. The van der Waals surface area contributed by atoms with E-state index in [1.165, 1.54) is 21.8 Å². The third-order valence-electron chi connectivity index (χ3n) is 13.5. The van der Waals surface area contributed by atoms with Crippen molar-refractivity contribution in [1.82, 2.24) is 19.5 Å². The predicted octanol–water partition coefficient (Wildman–Crippen LogP) is 16.8. The summed E-state index contributed by atoms with van der Waals surface area (Å²) in [5.74, 6) is 1.75. The number of nitrogens with zero attached hydrogens (tertiary/aromatic N) is 4. The van der Waals surface area contributed by atoms with Crippen molar-refractivity contribution in [1.29, 1.82) is 0 Å². The third-order valence-corrected chi connectivity index (χ3v) is 13.5. The highest BCUT2D eigenvalue weighted by molar-refractivity contribution is 6.14. The Labute approximate surface area is 396 Å². The summed E-state index contributed by atoms with van der Waals surface area (Å²) in [6.45, 7) is 0. The lowest BCUT2D eigenvalue weighted by Crippen LogP contribution is -2.00. The standard InChI is InChI=1S/C63H38N4O2/c1-3-14-40(15-4-1)61-64-62(41-28-26-39(27-29-41)42-30-33-50-49-21-10-12-24-56(49)69-59(50)38-42)66-63(65-61)51-22-13-25-58-60(51)53-37-44(32-35-57(53)68-58)47-19-8-7-18-46(47)43-31-34-55-52(36-43)48-20-9-11-23-54(48)67(55)45-16-5-2-6-17-45/h1-38H. The first-order chi connectivity index (χ1) is 34.2. The molecule has 0 N–H and O–H groups in total. The number of aromatic nitrogens is 4. The summed E-state index contributed by atoms with van der Waals surface area (Å²) in [5.41, 5.74) is 16.1. The maximum Gasteiger partial charge on any atom is 0.164 e. The molecule has 4 aromatic heterocycles. The van der Waals surface area contributed by atoms with E-state index in [4.69, 9.17) is 23.8 Å². The maximum absolute atomic E-state index is 6.60. The Morgan fingerprint density at radius 3 is 1.59 bits per heavy atom. The summed E-state index contributed by atoms with van der Waals surface area (Å²) in [5, 5.41) is 6.61. The summed E-state index contributed by atoms with van der Waals surface area (Å²) in [4.78, 5) is 15.5. The Hall–Kier alpha value is -9.39. The Bertz CT molecular complexity index is 4300. The van der Waals surface area contributed by atoms with Crippen LogP contribution in [-0.2, 0) is 0 Å². The Kier molecular flexibility index (Phi) is 8.79. The van der Waals surface area contributed by atoms with Gasteiger partial charge in [0.2, 0.25) is 0 Å². The zero-order chi connectivity index (χ0) is 45.4. The second-order valence-corrected chi connectivity index (χ2v) is 17.5. The zero-order valence-electron chi connectivity index (χ0n) is 37.0. The fourth-order valence-corrected chi connectivity index (χ4v) is 10.2. The number of furan rings is 2. The molecule has 6 nitrogen and oxygen atoms in total. The summed E-state index contributed by atoms with van der Waals surface area (Å²) < 4.78 is 15.2. The van der Waals surface area contributed by atoms with Crippen LogP contribution in [0.5, 0.6) is 0 Å². The average molecular weight is 883 g/mol. The number of hydrogen-bond donors (Lipinski definition) is 0. The molecule has 0 unspecified atom stereocenters. The van der Waals surface area contributed by atoms with Crippen molar-refractivity contribution in [2.75, 3.05) is 0 Å². The molecule has 322 valence electrons. The van der Waals surface area contributed by atoms with Crippen molar-refractivity contribution in [3.05, 3.63) is 231 Å². The van der Waals surface area contributed by atoms with Gasteiger partial charge in [0.15, 0.2) is 17.5 Å². The lowest BCUT2D eigenvalue weighted by atomic mass is 9.92. The van der Waals surface area contributed by atoms with E-state index < -0.39 is 0 Å². The fourth-order valence-electron chi connectivity index (χ4n) is 10.2. The highest BCUT2D eigenvalue weighted by Gasteiger charge is 2.20. The van der Waals surface area contributed by atoms with Crippen LogP contribution in [-0.4, -0.2) is 19.5 Å². The predicted molar refractivity (Wildman–Crippen MR) is 281 cm³/mol. The van der Waals surface area contributed by atoms with E-state index in [-0.39, 0.29) is 0 Å². The molecule has 0 radical (unpaired) electrons. The van der Waals surface area contributed by atoms with Gasteiger partial charge in [0.05, 0.1) is 11.0 Å². The van der Waals surface area contributed by atoms with Crippen LogP contribution >= 0.6 is 0 Å². The number of hydrogen-bond acceptors (Lipinski definition) is 5. The van der Waals surface area contributed by atoms with Crippen LogP contribution in [0.3, 0.4) is 0 Å². The largest absolute Gasteiger partial charge is 0.456 e. The van der Waals surface area contributed by atoms with Crippen LogP contribution in [0.25, 0.3) is 139 Å². The van der Waals surface area contributed by atoms with Crippen molar-refractivity contribution < 1.29 is 8.83 Å². The molecule has 0 aliphatic heterocycles. The second-order valence-electron chi connectivity index (χ2n) is 17.5. The fraction of sp³-hybridized carbons (Fsp3) is 0. The lowest BCUT2D eigenvalue weighted by Gasteiger charge is -2.12. The Morgan fingerprint density at radius 2 is 0.797 bits per heavy atom. The average Bonchev–Trinajstić information content (AvgIpc) is 4.10. The van der Waals surface area contributed by atoms with Crippen molar-refractivity contribution >= 4 is 65.7 Å². The van der Waals surface area contributed by atoms with E-state index in [1.807, 2.05) is 60.7 Å². The molecule has 0 fully saturated rings. The molecule has 0 aliphatic carbocycles. The quantitative estimate of drug-likeness (QED) is 0.159. The number of rotatable bonds is 7. The van der Waals surface area contributed by atoms with Gasteiger partial charge in [-0.2, -0.15) is 0 Å². The van der Waals surface area contributed by atoms with Crippen LogP contribution in [0.15, 0.2) is 239 Å². The minimum atomic E-state index is 0.570. The second kappa shape index (κ2) is 15.6. The minimum Gasteiger partial charge on any atom is -0.456 e. The van der Waals surface area contributed by atoms with E-state index in [0.717, 1.165) is 99.6 Å². The molecule has 0 saturated heterocycles. The van der Waals surface area contributed by atoms with Crippen LogP contribution in [0, 0.1) is 0 Å². The molecule has 14 aromatic rings. The van der Waals surface area contributed by atoms with E-state index >= 15 is 0 Å². The smallest absolute Gasteiger partial charge is 0.164 e. The molecule has 10 aromatic carbocycles. The molecule has 4 heterocycles. The van der Waals surface area contributed by atoms with Crippen LogP contribution in [0.4, 0.5) is 0 Å². The van der Waals surface area contributed by atoms with E-state index in [1.54, 1.807) is 0 Å². The van der Waals surface area contributed by atoms with E-state index in [2.05, 4.69) is 174 Å². The van der Waals surface area contributed by atoms with E-state index in [9.17, 15) is 0 Å². The molecule has 0 saturated carbocycles. The maximum atomic E-state index is 6.60. The van der Waals surface area contributed by atoms with E-state index in [0.29, 0.717) is 17.5 Å². The van der Waals surface area contributed by atoms with Crippen molar-refractivity contribution in [2.24, 2.45) is 0 Å². The van der Waals surface area contributed by atoms with Gasteiger partial charge >= 0.3 is 0 Å². The van der Waals surface area contributed by atoms with Gasteiger partial charge in [0, 0.05) is 54.7 Å². The molecule has 6 heteroatoms. The van der Waals surface area contributed by atoms with Gasteiger partial charge in [0.25, 0.3) is 0 Å². The molecular formula is C63H38N4O2. The minimum absolute atomic E-state index is 0.570. The van der Waals surface area contributed by atoms with Gasteiger partial charge in [-0.3, -0.25) is 0 Å². The third kappa shape index (κ3) is 6.45. The molecular weight excluding hydrogens is 845 g/mol. The first-order valence-electron chi connectivity index (χ1n) is 23.2. The molecule has 0 bridgehead atoms. The first kappa shape index (κ1) is 38.8. The van der Waals surface area contributed by atoms with Crippen LogP contribution in [0.1, 0.15) is 0 Å². The number of fused-ring (bicyclic) bond motifs is 9. The van der Waals surface area contributed by atoms with Gasteiger partial charge in [-0.1, -0.05) is 164 Å². The molecule has 14 rings (SSSR count). The van der Waals surface area contributed by atoms with Gasteiger partial charge < -0.3 is 13.4 Å². The summed E-state index contributed by atoms with van der Waals surface area (Å²) in [6.07, 6.45) is 0. The number of benzene rings is 10. The van der Waals surface area contributed by atoms with Gasteiger partial charge in [-0.05, 0) is 100 Å². The van der Waals surface area contributed by atoms with Crippen LogP contribution < -0.4 is 0 Å². The van der Waals surface area contributed by atoms with Gasteiger partial charge in [-0.25, -0.2) is 15.0 Å². The normalized spacial score (nSPS) is 11.8. The lowest BCUT2D eigenvalue weighted by molar-refractivity contribution is 0.668. The van der Waals surface area contributed by atoms with Crippen LogP contribution in [0.2, 0.25) is 0 Å². The molecule has 0 atom stereocenters. The summed E-state index contributed by atoms with van der Waals surface area (Å²) in [6, 6.07) is 80.5. The van der Waals surface area contributed by atoms with Gasteiger partial charge in [-0.15, -0.1) is 0 Å². The van der Waals surface area contributed by atoms with Crippen molar-refractivity contribution in [2.45, 2.75) is 0 Å². The van der Waals surface area contributed by atoms with Crippen molar-refractivity contribution in [3.8, 4) is 73.2 Å². The molecule has 0 aliphatic rings.